The Bertz CT molecular complexity index is 397. The normalized spacial score (nSPS) is 20.2. The van der Waals surface area contributed by atoms with E-state index in [1.165, 1.54) is 0 Å². The van der Waals surface area contributed by atoms with Crippen molar-refractivity contribution >= 4 is 17.4 Å². The maximum atomic E-state index is 14.1. The highest BCUT2D eigenvalue weighted by molar-refractivity contribution is 8.00. The molecule has 0 aliphatic carbocycles. The van der Waals surface area contributed by atoms with Crippen LogP contribution < -0.4 is 10.2 Å². The molecule has 0 radical (unpaired) electrons. The first-order valence-corrected chi connectivity index (χ1v) is 7.59. The van der Waals surface area contributed by atoms with Crippen molar-refractivity contribution in [1.82, 2.24) is 5.32 Å². The molecule has 1 heterocycles. The van der Waals surface area contributed by atoms with Crippen LogP contribution in [0.5, 0.6) is 0 Å². The van der Waals surface area contributed by atoms with Crippen molar-refractivity contribution in [3.8, 4) is 0 Å². The Balaban J connectivity index is 2.12. The minimum Gasteiger partial charge on any atom is -0.367 e. The topological polar surface area (TPSA) is 15.3 Å². The average molecular weight is 268 g/mol. The molecule has 4 heteroatoms. The first kappa shape index (κ1) is 13.7. The van der Waals surface area contributed by atoms with Gasteiger partial charge in [0.05, 0.1) is 5.69 Å². The van der Waals surface area contributed by atoms with Gasteiger partial charge in [-0.2, -0.15) is 11.8 Å². The Hall–Kier alpha value is -0.740. The predicted octanol–water partition coefficient (Wildman–Crippen LogP) is 2.88. The molecule has 100 valence electrons. The lowest BCUT2D eigenvalue weighted by atomic mass is 10.1. The van der Waals surface area contributed by atoms with E-state index in [1.54, 1.807) is 6.07 Å². The Labute approximate surface area is 113 Å². The molecule has 1 saturated heterocycles. The summed E-state index contributed by atoms with van der Waals surface area (Å²) in [6.07, 6.45) is 1.15. The zero-order chi connectivity index (χ0) is 13.0. The molecule has 1 atom stereocenters. The molecule has 1 aromatic carbocycles. The lowest BCUT2D eigenvalue weighted by Crippen LogP contribution is -2.38. The molecule has 1 aliphatic heterocycles. The fraction of sp³-hybridized carbons (Fsp3) is 0.571. The van der Waals surface area contributed by atoms with E-state index in [0.717, 1.165) is 36.5 Å². The molecular weight excluding hydrogens is 247 g/mol. The van der Waals surface area contributed by atoms with Crippen LogP contribution >= 0.6 is 11.8 Å². The Morgan fingerprint density at radius 1 is 1.50 bits per heavy atom. The molecule has 1 aromatic rings. The summed E-state index contributed by atoms with van der Waals surface area (Å²) in [7, 11) is 1.87. The van der Waals surface area contributed by atoms with E-state index < -0.39 is 0 Å². The van der Waals surface area contributed by atoms with E-state index in [-0.39, 0.29) is 5.82 Å². The Morgan fingerprint density at radius 2 is 2.33 bits per heavy atom. The zero-order valence-corrected chi connectivity index (χ0v) is 11.9. The number of nitrogens with zero attached hydrogens (tertiary/aromatic N) is 1. The van der Waals surface area contributed by atoms with Crippen molar-refractivity contribution in [2.45, 2.75) is 25.1 Å². The summed E-state index contributed by atoms with van der Waals surface area (Å²) in [5.74, 6) is 1.00. The van der Waals surface area contributed by atoms with Crippen LogP contribution in [0.2, 0.25) is 0 Å². The van der Waals surface area contributed by atoms with Crippen LogP contribution in [0.3, 0.4) is 0 Å². The number of anilines is 1. The van der Waals surface area contributed by atoms with E-state index in [0.29, 0.717) is 11.8 Å². The molecule has 1 unspecified atom stereocenters. The van der Waals surface area contributed by atoms with Crippen LogP contribution in [-0.4, -0.2) is 31.1 Å². The molecule has 2 rings (SSSR count). The molecule has 2 nitrogen and oxygen atoms in total. The number of hydrogen-bond acceptors (Lipinski definition) is 3. The van der Waals surface area contributed by atoms with Crippen molar-refractivity contribution in [1.29, 1.82) is 0 Å². The van der Waals surface area contributed by atoms with E-state index in [2.05, 4.69) is 17.1 Å². The monoisotopic (exact) mass is 268 g/mol. The fourth-order valence-electron chi connectivity index (χ4n) is 2.31. The lowest BCUT2D eigenvalue weighted by molar-refractivity contribution is 0.610. The maximum absolute atomic E-state index is 14.1. The summed E-state index contributed by atoms with van der Waals surface area (Å²) in [4.78, 5) is 2.18. The molecule has 0 amide bonds. The van der Waals surface area contributed by atoms with Gasteiger partial charge in [-0.05, 0) is 31.2 Å². The number of nitrogens with one attached hydrogen (secondary N) is 1. The van der Waals surface area contributed by atoms with Crippen molar-refractivity contribution in [3.63, 3.8) is 0 Å². The van der Waals surface area contributed by atoms with Crippen molar-refractivity contribution in [3.05, 3.63) is 29.6 Å². The third kappa shape index (κ3) is 3.18. The highest BCUT2D eigenvalue weighted by Crippen LogP contribution is 2.28. The molecule has 1 N–H and O–H groups in total. The number of halogens is 1. The van der Waals surface area contributed by atoms with Crippen molar-refractivity contribution in [2.24, 2.45) is 0 Å². The first-order chi connectivity index (χ1) is 8.74. The van der Waals surface area contributed by atoms with Gasteiger partial charge in [-0.3, -0.25) is 0 Å². The summed E-state index contributed by atoms with van der Waals surface area (Å²) in [6.45, 7) is 4.82. The van der Waals surface area contributed by atoms with Gasteiger partial charge in [-0.1, -0.05) is 13.0 Å². The maximum Gasteiger partial charge on any atom is 0.146 e. The lowest BCUT2D eigenvalue weighted by Gasteiger charge is -2.34. The van der Waals surface area contributed by atoms with Gasteiger partial charge in [0, 0.05) is 30.6 Å². The summed E-state index contributed by atoms with van der Waals surface area (Å²) < 4.78 is 14.1. The summed E-state index contributed by atoms with van der Waals surface area (Å²) in [5, 5.41) is 3.68. The average Bonchev–Trinajstić information content (AvgIpc) is 2.39. The van der Waals surface area contributed by atoms with Crippen LogP contribution in [0.1, 0.15) is 18.9 Å². The molecule has 0 spiro atoms. The Kier molecular flexibility index (Phi) is 4.89. The SMILES string of the molecule is CCC1CN(c2ccc(CNC)cc2F)CCS1. The van der Waals surface area contributed by atoms with Gasteiger partial charge in [0.15, 0.2) is 0 Å². The predicted molar refractivity (Wildman–Crippen MR) is 77.9 cm³/mol. The minimum atomic E-state index is -0.0931. The van der Waals surface area contributed by atoms with Gasteiger partial charge in [0.1, 0.15) is 5.82 Å². The molecule has 1 fully saturated rings. The van der Waals surface area contributed by atoms with Gasteiger partial charge >= 0.3 is 0 Å². The highest BCUT2D eigenvalue weighted by atomic mass is 32.2. The Morgan fingerprint density at radius 3 is 3.00 bits per heavy atom. The number of hydrogen-bond donors (Lipinski definition) is 1. The van der Waals surface area contributed by atoms with E-state index in [9.17, 15) is 4.39 Å². The van der Waals surface area contributed by atoms with Crippen LogP contribution in [-0.2, 0) is 6.54 Å². The molecule has 1 aliphatic rings. The van der Waals surface area contributed by atoms with E-state index in [4.69, 9.17) is 0 Å². The van der Waals surface area contributed by atoms with Crippen molar-refractivity contribution in [2.75, 3.05) is 30.8 Å². The standard InChI is InChI=1S/C14H21FN2S/c1-3-12-10-17(6-7-18-12)14-5-4-11(9-16-2)8-13(14)15/h4-5,8,12,16H,3,6-7,9-10H2,1-2H3. The van der Waals surface area contributed by atoms with Crippen LogP contribution in [0, 0.1) is 5.82 Å². The second-order valence-corrected chi connectivity index (χ2v) is 6.07. The third-order valence-corrected chi connectivity index (χ3v) is 4.70. The van der Waals surface area contributed by atoms with Gasteiger partial charge < -0.3 is 10.2 Å². The van der Waals surface area contributed by atoms with Gasteiger partial charge in [0.25, 0.3) is 0 Å². The molecule has 0 aromatic heterocycles. The second kappa shape index (κ2) is 6.43. The van der Waals surface area contributed by atoms with E-state index >= 15 is 0 Å². The highest BCUT2D eigenvalue weighted by Gasteiger charge is 2.21. The summed E-state index contributed by atoms with van der Waals surface area (Å²) in [5.41, 5.74) is 1.76. The first-order valence-electron chi connectivity index (χ1n) is 6.54. The summed E-state index contributed by atoms with van der Waals surface area (Å²) >= 11 is 2.00. The van der Waals surface area contributed by atoms with Gasteiger partial charge in [-0.15, -0.1) is 0 Å². The summed E-state index contributed by atoms with van der Waals surface area (Å²) in [6, 6.07) is 5.58. The number of thioether (sulfide) groups is 1. The molecule has 18 heavy (non-hydrogen) atoms. The second-order valence-electron chi connectivity index (χ2n) is 4.66. The van der Waals surface area contributed by atoms with Crippen LogP contribution in [0.4, 0.5) is 10.1 Å². The van der Waals surface area contributed by atoms with Gasteiger partial charge in [0.2, 0.25) is 0 Å². The van der Waals surface area contributed by atoms with Crippen LogP contribution in [0.15, 0.2) is 18.2 Å². The van der Waals surface area contributed by atoms with Crippen LogP contribution in [0.25, 0.3) is 0 Å². The minimum absolute atomic E-state index is 0.0931. The quantitative estimate of drug-likeness (QED) is 0.904. The largest absolute Gasteiger partial charge is 0.367 e. The molecular formula is C14H21FN2S. The zero-order valence-electron chi connectivity index (χ0n) is 11.1. The number of rotatable bonds is 4. The van der Waals surface area contributed by atoms with Gasteiger partial charge in [-0.25, -0.2) is 4.39 Å². The smallest absolute Gasteiger partial charge is 0.146 e. The molecule has 0 bridgehead atoms. The third-order valence-electron chi connectivity index (χ3n) is 3.33. The molecule has 0 saturated carbocycles. The van der Waals surface area contributed by atoms with Crippen molar-refractivity contribution < 1.29 is 4.39 Å². The number of benzene rings is 1. The fourth-order valence-corrected chi connectivity index (χ4v) is 3.49. The van der Waals surface area contributed by atoms with E-state index in [1.807, 2.05) is 30.9 Å².